The Kier molecular flexibility index (Phi) is 4.81. The number of non-ortho nitro benzene ring substituents is 1. The zero-order valence-corrected chi connectivity index (χ0v) is 11.6. The predicted molar refractivity (Wildman–Crippen MR) is 78.6 cm³/mol. The van der Waals surface area contributed by atoms with Crippen molar-refractivity contribution in [3.8, 4) is 0 Å². The van der Waals surface area contributed by atoms with Crippen molar-refractivity contribution in [1.82, 2.24) is 4.98 Å². The summed E-state index contributed by atoms with van der Waals surface area (Å²) < 4.78 is 12.8. The number of pyridine rings is 1. The van der Waals surface area contributed by atoms with Crippen LogP contribution in [0.3, 0.4) is 0 Å². The second-order valence-corrected chi connectivity index (χ2v) is 4.71. The van der Waals surface area contributed by atoms with Crippen molar-refractivity contribution in [2.45, 2.75) is 25.8 Å². The zero-order chi connectivity index (χ0) is 15.2. The van der Waals surface area contributed by atoms with Crippen molar-refractivity contribution >= 4 is 11.4 Å². The van der Waals surface area contributed by atoms with Gasteiger partial charge in [0.05, 0.1) is 22.8 Å². The second-order valence-electron chi connectivity index (χ2n) is 4.71. The molecule has 110 valence electrons. The van der Waals surface area contributed by atoms with E-state index in [9.17, 15) is 14.5 Å². The monoisotopic (exact) mass is 289 g/mol. The van der Waals surface area contributed by atoms with Crippen molar-refractivity contribution in [2.24, 2.45) is 0 Å². The second kappa shape index (κ2) is 6.78. The molecule has 5 nitrogen and oxygen atoms in total. The molecule has 0 aliphatic heterocycles. The van der Waals surface area contributed by atoms with Crippen LogP contribution in [-0.4, -0.2) is 9.91 Å². The van der Waals surface area contributed by atoms with E-state index in [1.54, 1.807) is 18.2 Å². The number of nitro benzene ring substituents is 1. The first-order valence-corrected chi connectivity index (χ1v) is 6.72. The Morgan fingerprint density at radius 3 is 2.81 bits per heavy atom. The molecule has 1 heterocycles. The first-order chi connectivity index (χ1) is 10.1. The summed E-state index contributed by atoms with van der Waals surface area (Å²) in [6.45, 7) is 2.04. The molecule has 2 aromatic rings. The minimum Gasteiger partial charge on any atom is -0.377 e. The van der Waals surface area contributed by atoms with Gasteiger partial charge < -0.3 is 5.32 Å². The lowest BCUT2D eigenvalue weighted by Crippen LogP contribution is -2.11. The Morgan fingerprint density at radius 2 is 2.19 bits per heavy atom. The smallest absolute Gasteiger partial charge is 0.269 e. The van der Waals surface area contributed by atoms with Gasteiger partial charge in [0.15, 0.2) is 0 Å². The van der Waals surface area contributed by atoms with Gasteiger partial charge in [-0.1, -0.05) is 25.5 Å². The first-order valence-electron chi connectivity index (χ1n) is 6.72. The number of nitrogens with zero attached hydrogens (tertiary/aromatic N) is 2. The average Bonchev–Trinajstić information content (AvgIpc) is 2.49. The van der Waals surface area contributed by atoms with E-state index >= 15 is 0 Å². The molecule has 1 atom stereocenters. The van der Waals surface area contributed by atoms with Gasteiger partial charge in [-0.05, 0) is 24.1 Å². The number of hydrogen-bond acceptors (Lipinski definition) is 4. The number of benzene rings is 1. The lowest BCUT2D eigenvalue weighted by Gasteiger charge is -2.19. The third-order valence-electron chi connectivity index (χ3n) is 3.13. The summed E-state index contributed by atoms with van der Waals surface area (Å²) in [5.74, 6) is -0.539. The van der Waals surface area contributed by atoms with E-state index in [0.29, 0.717) is 5.69 Å². The molecule has 1 aromatic heterocycles. The Bertz CT molecular complexity index is 617. The highest BCUT2D eigenvalue weighted by molar-refractivity contribution is 5.45. The highest BCUT2D eigenvalue weighted by atomic mass is 19.1. The van der Waals surface area contributed by atoms with Gasteiger partial charge in [0.2, 0.25) is 5.95 Å². The van der Waals surface area contributed by atoms with E-state index in [-0.39, 0.29) is 11.7 Å². The van der Waals surface area contributed by atoms with Crippen molar-refractivity contribution in [2.75, 3.05) is 5.32 Å². The molecule has 1 N–H and O–H groups in total. The largest absolute Gasteiger partial charge is 0.377 e. The quantitative estimate of drug-likeness (QED) is 0.494. The minimum atomic E-state index is -0.539. The molecule has 2 rings (SSSR count). The topological polar surface area (TPSA) is 68.1 Å². The van der Waals surface area contributed by atoms with E-state index in [1.165, 1.54) is 18.3 Å². The van der Waals surface area contributed by atoms with Gasteiger partial charge in [-0.3, -0.25) is 10.1 Å². The molecular formula is C15H16FN3O2. The molecular weight excluding hydrogens is 273 g/mol. The number of aromatic nitrogens is 1. The van der Waals surface area contributed by atoms with Crippen molar-refractivity contribution in [3.05, 3.63) is 64.2 Å². The van der Waals surface area contributed by atoms with Gasteiger partial charge in [0.25, 0.3) is 5.69 Å². The van der Waals surface area contributed by atoms with Crippen LogP contribution in [-0.2, 0) is 0 Å². The lowest BCUT2D eigenvalue weighted by molar-refractivity contribution is -0.384. The Hall–Kier alpha value is -2.50. The molecule has 6 heteroatoms. The summed E-state index contributed by atoms with van der Waals surface area (Å²) in [5, 5.41) is 14.1. The maximum atomic E-state index is 12.8. The summed E-state index contributed by atoms with van der Waals surface area (Å²) in [6, 6.07) is 9.33. The molecule has 21 heavy (non-hydrogen) atoms. The molecule has 1 unspecified atom stereocenters. The number of nitro groups is 1. The maximum Gasteiger partial charge on any atom is 0.269 e. The highest BCUT2D eigenvalue weighted by Crippen LogP contribution is 2.26. The van der Waals surface area contributed by atoms with Crippen LogP contribution in [0.1, 0.15) is 31.4 Å². The molecule has 0 saturated heterocycles. The summed E-state index contributed by atoms with van der Waals surface area (Å²) in [7, 11) is 0. The van der Waals surface area contributed by atoms with Crippen molar-refractivity contribution in [3.63, 3.8) is 0 Å². The summed E-state index contributed by atoms with van der Waals surface area (Å²) in [6.07, 6.45) is 3.13. The number of nitrogens with one attached hydrogen (secondary N) is 1. The molecule has 0 aliphatic rings. The minimum absolute atomic E-state index is 0.0626. The van der Waals surface area contributed by atoms with Gasteiger partial charge in [-0.25, -0.2) is 4.98 Å². The fourth-order valence-electron chi connectivity index (χ4n) is 2.13. The van der Waals surface area contributed by atoms with Crippen LogP contribution in [0.25, 0.3) is 0 Å². The third kappa shape index (κ3) is 3.98. The van der Waals surface area contributed by atoms with Gasteiger partial charge >= 0.3 is 0 Å². The van der Waals surface area contributed by atoms with Crippen LogP contribution >= 0.6 is 0 Å². The standard InChI is InChI=1S/C15H16FN3O2/c1-2-4-14(18-12-7-8-15(16)17-10-12)11-5-3-6-13(9-11)19(20)21/h3,5-10,14,18H,2,4H2,1H3. The molecule has 0 aliphatic carbocycles. The Labute approximate surface area is 122 Å². The highest BCUT2D eigenvalue weighted by Gasteiger charge is 2.14. The van der Waals surface area contributed by atoms with Crippen molar-refractivity contribution < 1.29 is 9.31 Å². The first kappa shape index (κ1) is 14.9. The SMILES string of the molecule is CCCC(Nc1ccc(F)nc1)c1cccc([N+](=O)[O-])c1. The molecule has 0 saturated carbocycles. The average molecular weight is 289 g/mol. The third-order valence-corrected chi connectivity index (χ3v) is 3.13. The van der Waals surface area contributed by atoms with Crippen LogP contribution < -0.4 is 5.32 Å². The predicted octanol–water partition coefficient (Wildman–Crippen LogP) is 4.08. The van der Waals surface area contributed by atoms with Gasteiger partial charge in [-0.15, -0.1) is 0 Å². The van der Waals surface area contributed by atoms with Crippen LogP contribution in [0, 0.1) is 16.1 Å². The van der Waals surface area contributed by atoms with Crippen LogP contribution in [0.4, 0.5) is 15.8 Å². The van der Waals surface area contributed by atoms with E-state index in [0.717, 1.165) is 18.4 Å². The van der Waals surface area contributed by atoms with E-state index in [4.69, 9.17) is 0 Å². The number of rotatable bonds is 6. The molecule has 0 radical (unpaired) electrons. The summed E-state index contributed by atoms with van der Waals surface area (Å²) >= 11 is 0. The van der Waals surface area contributed by atoms with E-state index < -0.39 is 10.9 Å². The molecule has 0 spiro atoms. The summed E-state index contributed by atoms with van der Waals surface area (Å²) in [5.41, 5.74) is 1.57. The lowest BCUT2D eigenvalue weighted by atomic mass is 10.0. The van der Waals surface area contributed by atoms with E-state index in [1.807, 2.05) is 13.0 Å². The normalized spacial score (nSPS) is 11.9. The Balaban J connectivity index is 2.23. The Morgan fingerprint density at radius 1 is 1.38 bits per heavy atom. The van der Waals surface area contributed by atoms with E-state index in [2.05, 4.69) is 10.3 Å². The van der Waals surface area contributed by atoms with Crippen molar-refractivity contribution in [1.29, 1.82) is 0 Å². The maximum absolute atomic E-state index is 12.8. The number of hydrogen-bond donors (Lipinski definition) is 1. The molecule has 0 bridgehead atoms. The molecule has 0 fully saturated rings. The van der Waals surface area contributed by atoms with Crippen LogP contribution in [0.5, 0.6) is 0 Å². The molecule has 1 aromatic carbocycles. The fourth-order valence-corrected chi connectivity index (χ4v) is 2.13. The van der Waals surface area contributed by atoms with Crippen LogP contribution in [0.15, 0.2) is 42.6 Å². The van der Waals surface area contributed by atoms with Gasteiger partial charge in [0, 0.05) is 12.1 Å². The van der Waals surface area contributed by atoms with Gasteiger partial charge in [0.1, 0.15) is 0 Å². The zero-order valence-electron chi connectivity index (χ0n) is 11.6. The van der Waals surface area contributed by atoms with Gasteiger partial charge in [-0.2, -0.15) is 4.39 Å². The van der Waals surface area contributed by atoms with Crippen LogP contribution in [0.2, 0.25) is 0 Å². The number of anilines is 1. The number of halogens is 1. The molecule has 0 amide bonds. The fraction of sp³-hybridized carbons (Fsp3) is 0.267. The summed E-state index contributed by atoms with van der Waals surface area (Å²) in [4.78, 5) is 14.0.